The van der Waals surface area contributed by atoms with Gasteiger partial charge in [-0.3, -0.25) is 4.79 Å². The summed E-state index contributed by atoms with van der Waals surface area (Å²) in [6.07, 6.45) is 3.03. The number of aliphatic carboxylic acids is 1. The molecule has 1 fully saturated rings. The normalized spacial score (nSPS) is 14.9. The standard InChI is InChI=1S/C21H22FNO4/c1-14-10-17(27-13-19(24)25)6-7-18(14)23-20(26)21(8-3-9-21)12-15-4-2-5-16(22)11-15/h2,4-7,10-11H,3,8-9,12-13H2,1H3,(H,23,26)(H,24,25). The molecule has 0 spiro atoms. The van der Waals surface area contributed by atoms with Gasteiger partial charge in [0, 0.05) is 5.69 Å². The number of carboxylic acid groups (broad SMARTS) is 1. The number of ether oxygens (including phenoxy) is 1. The molecule has 0 saturated heterocycles. The van der Waals surface area contributed by atoms with Crippen molar-refractivity contribution in [3.8, 4) is 5.75 Å². The van der Waals surface area contributed by atoms with Crippen LogP contribution in [0.15, 0.2) is 42.5 Å². The Morgan fingerprint density at radius 3 is 2.59 bits per heavy atom. The van der Waals surface area contributed by atoms with Crippen LogP contribution in [0, 0.1) is 18.2 Å². The van der Waals surface area contributed by atoms with Crippen LogP contribution in [-0.2, 0) is 16.0 Å². The highest BCUT2D eigenvalue weighted by atomic mass is 19.1. The van der Waals surface area contributed by atoms with E-state index in [1.807, 2.05) is 13.0 Å². The number of hydrogen-bond donors (Lipinski definition) is 2. The van der Waals surface area contributed by atoms with Gasteiger partial charge in [-0.25, -0.2) is 9.18 Å². The lowest BCUT2D eigenvalue weighted by Crippen LogP contribution is -2.43. The third kappa shape index (κ3) is 4.45. The number of halogens is 1. The summed E-state index contributed by atoms with van der Waals surface area (Å²) in [5.41, 5.74) is 1.75. The lowest BCUT2D eigenvalue weighted by atomic mass is 9.64. The molecule has 0 radical (unpaired) electrons. The van der Waals surface area contributed by atoms with E-state index in [1.54, 1.807) is 24.3 Å². The summed E-state index contributed by atoms with van der Waals surface area (Å²) in [6, 6.07) is 11.4. The van der Waals surface area contributed by atoms with E-state index >= 15 is 0 Å². The third-order valence-electron chi connectivity index (χ3n) is 5.03. The molecule has 5 nitrogen and oxygen atoms in total. The van der Waals surface area contributed by atoms with Crippen LogP contribution in [0.2, 0.25) is 0 Å². The number of rotatable bonds is 7. The molecule has 0 heterocycles. The summed E-state index contributed by atoms with van der Waals surface area (Å²) in [7, 11) is 0. The van der Waals surface area contributed by atoms with Gasteiger partial charge in [0.15, 0.2) is 6.61 Å². The van der Waals surface area contributed by atoms with Gasteiger partial charge in [-0.1, -0.05) is 18.6 Å². The van der Waals surface area contributed by atoms with Gasteiger partial charge in [0.1, 0.15) is 11.6 Å². The number of anilines is 1. The molecule has 0 atom stereocenters. The second kappa shape index (κ2) is 7.78. The number of carboxylic acids is 1. The van der Waals surface area contributed by atoms with Crippen LogP contribution in [0.1, 0.15) is 30.4 Å². The van der Waals surface area contributed by atoms with Crippen LogP contribution in [0.3, 0.4) is 0 Å². The molecule has 0 aliphatic heterocycles. The minimum absolute atomic E-state index is 0.0692. The van der Waals surface area contributed by atoms with Crippen LogP contribution in [0.4, 0.5) is 10.1 Å². The van der Waals surface area contributed by atoms with Crippen molar-refractivity contribution in [1.82, 2.24) is 0 Å². The van der Waals surface area contributed by atoms with E-state index < -0.39 is 18.0 Å². The van der Waals surface area contributed by atoms with E-state index in [0.29, 0.717) is 17.9 Å². The van der Waals surface area contributed by atoms with Gasteiger partial charge in [-0.15, -0.1) is 0 Å². The van der Waals surface area contributed by atoms with Gasteiger partial charge < -0.3 is 15.2 Å². The molecule has 142 valence electrons. The fourth-order valence-corrected chi connectivity index (χ4v) is 3.39. The minimum Gasteiger partial charge on any atom is -0.482 e. The fraction of sp³-hybridized carbons (Fsp3) is 0.333. The van der Waals surface area contributed by atoms with Gasteiger partial charge in [0.2, 0.25) is 5.91 Å². The van der Waals surface area contributed by atoms with Crippen molar-refractivity contribution in [2.45, 2.75) is 32.6 Å². The first-order valence-electron chi connectivity index (χ1n) is 8.89. The molecular weight excluding hydrogens is 349 g/mol. The number of nitrogens with one attached hydrogen (secondary N) is 1. The molecule has 1 aliphatic carbocycles. The zero-order chi connectivity index (χ0) is 19.4. The Bertz CT molecular complexity index is 861. The molecule has 0 aromatic heterocycles. The second-order valence-corrected chi connectivity index (χ2v) is 7.05. The van der Waals surface area contributed by atoms with E-state index in [1.165, 1.54) is 12.1 Å². The Morgan fingerprint density at radius 1 is 1.22 bits per heavy atom. The van der Waals surface area contributed by atoms with E-state index in [2.05, 4.69) is 5.32 Å². The Balaban J connectivity index is 1.70. The Labute approximate surface area is 157 Å². The minimum atomic E-state index is -1.05. The number of carbonyl (C=O) groups excluding carboxylic acids is 1. The molecule has 6 heteroatoms. The van der Waals surface area contributed by atoms with Crippen molar-refractivity contribution >= 4 is 17.6 Å². The molecule has 1 aliphatic rings. The van der Waals surface area contributed by atoms with Crippen LogP contribution in [0.25, 0.3) is 0 Å². The summed E-state index contributed by atoms with van der Waals surface area (Å²) in [6.45, 7) is 1.41. The first-order chi connectivity index (χ1) is 12.9. The SMILES string of the molecule is Cc1cc(OCC(=O)O)ccc1NC(=O)C1(Cc2cccc(F)c2)CCC1. The summed E-state index contributed by atoms with van der Waals surface area (Å²) >= 11 is 0. The highest BCUT2D eigenvalue weighted by Crippen LogP contribution is 2.45. The maximum Gasteiger partial charge on any atom is 0.341 e. The van der Waals surface area contributed by atoms with E-state index in [9.17, 15) is 14.0 Å². The lowest BCUT2D eigenvalue weighted by Gasteiger charge is -2.40. The number of aryl methyl sites for hydroxylation is 1. The van der Waals surface area contributed by atoms with Gasteiger partial charge in [-0.05, 0) is 67.6 Å². The number of hydrogen-bond acceptors (Lipinski definition) is 3. The molecule has 2 aromatic rings. The van der Waals surface area contributed by atoms with Crippen LogP contribution in [0.5, 0.6) is 5.75 Å². The van der Waals surface area contributed by atoms with Gasteiger partial charge in [0.05, 0.1) is 5.41 Å². The van der Waals surface area contributed by atoms with E-state index in [0.717, 1.165) is 30.4 Å². The molecule has 0 unspecified atom stereocenters. The Kier molecular flexibility index (Phi) is 5.44. The maximum atomic E-state index is 13.5. The number of benzene rings is 2. The Morgan fingerprint density at radius 2 is 2.00 bits per heavy atom. The average molecular weight is 371 g/mol. The van der Waals surface area contributed by atoms with Crippen molar-refractivity contribution in [1.29, 1.82) is 0 Å². The Hall–Kier alpha value is -2.89. The summed E-state index contributed by atoms with van der Waals surface area (Å²) in [5.74, 6) is -0.976. The first kappa shape index (κ1) is 18.9. The summed E-state index contributed by atoms with van der Waals surface area (Å²) in [4.78, 5) is 23.5. The largest absolute Gasteiger partial charge is 0.482 e. The van der Waals surface area contributed by atoms with Crippen LogP contribution in [-0.4, -0.2) is 23.6 Å². The van der Waals surface area contributed by atoms with Crippen molar-refractivity contribution in [2.24, 2.45) is 5.41 Å². The van der Waals surface area contributed by atoms with Gasteiger partial charge >= 0.3 is 5.97 Å². The molecule has 27 heavy (non-hydrogen) atoms. The predicted molar refractivity (Wildman–Crippen MR) is 99.3 cm³/mol. The fourth-order valence-electron chi connectivity index (χ4n) is 3.39. The predicted octanol–water partition coefficient (Wildman–Crippen LogP) is 3.95. The summed E-state index contributed by atoms with van der Waals surface area (Å²) in [5, 5.41) is 11.6. The van der Waals surface area contributed by atoms with E-state index in [4.69, 9.17) is 9.84 Å². The number of carbonyl (C=O) groups is 2. The zero-order valence-corrected chi connectivity index (χ0v) is 15.1. The summed E-state index contributed by atoms with van der Waals surface area (Å²) < 4.78 is 18.6. The third-order valence-corrected chi connectivity index (χ3v) is 5.03. The van der Waals surface area contributed by atoms with E-state index in [-0.39, 0.29) is 11.7 Å². The van der Waals surface area contributed by atoms with Crippen molar-refractivity contribution in [3.05, 3.63) is 59.4 Å². The monoisotopic (exact) mass is 371 g/mol. The lowest BCUT2D eigenvalue weighted by molar-refractivity contribution is -0.139. The smallest absolute Gasteiger partial charge is 0.341 e. The molecule has 3 rings (SSSR count). The quantitative estimate of drug-likeness (QED) is 0.773. The zero-order valence-electron chi connectivity index (χ0n) is 15.1. The van der Waals surface area contributed by atoms with Crippen molar-refractivity contribution < 1.29 is 23.8 Å². The molecule has 2 aromatic carbocycles. The maximum absolute atomic E-state index is 13.5. The topological polar surface area (TPSA) is 75.6 Å². The second-order valence-electron chi connectivity index (χ2n) is 7.05. The van der Waals surface area contributed by atoms with Crippen LogP contribution >= 0.6 is 0 Å². The van der Waals surface area contributed by atoms with Crippen molar-refractivity contribution in [3.63, 3.8) is 0 Å². The first-order valence-corrected chi connectivity index (χ1v) is 8.89. The number of amides is 1. The molecule has 0 bridgehead atoms. The van der Waals surface area contributed by atoms with Gasteiger partial charge in [-0.2, -0.15) is 0 Å². The molecule has 2 N–H and O–H groups in total. The average Bonchev–Trinajstić information content (AvgIpc) is 2.58. The molecule has 1 saturated carbocycles. The highest BCUT2D eigenvalue weighted by Gasteiger charge is 2.44. The van der Waals surface area contributed by atoms with Crippen molar-refractivity contribution in [2.75, 3.05) is 11.9 Å². The van der Waals surface area contributed by atoms with Gasteiger partial charge in [0.25, 0.3) is 0 Å². The van der Waals surface area contributed by atoms with Crippen LogP contribution < -0.4 is 10.1 Å². The highest BCUT2D eigenvalue weighted by molar-refractivity contribution is 5.96. The molecular formula is C21H22FNO4. The molecule has 1 amide bonds.